The van der Waals surface area contributed by atoms with Gasteiger partial charge in [-0.15, -0.1) is 0 Å². The molecule has 1 aromatic heterocycles. The van der Waals surface area contributed by atoms with Crippen molar-refractivity contribution in [1.29, 1.82) is 0 Å². The quantitative estimate of drug-likeness (QED) is 0.889. The van der Waals surface area contributed by atoms with Gasteiger partial charge >= 0.3 is 0 Å². The van der Waals surface area contributed by atoms with Crippen molar-refractivity contribution in [2.75, 3.05) is 6.54 Å². The number of hydrogen-bond donors (Lipinski definition) is 1. The molecule has 114 valence electrons. The van der Waals surface area contributed by atoms with Crippen LogP contribution < -0.4 is 5.73 Å². The summed E-state index contributed by atoms with van der Waals surface area (Å²) in [6, 6.07) is 10.1. The number of furan rings is 1. The minimum absolute atomic E-state index is 0.208. The number of rotatable bonds is 6. The second-order valence-electron chi connectivity index (χ2n) is 4.87. The summed E-state index contributed by atoms with van der Waals surface area (Å²) >= 11 is 0. The van der Waals surface area contributed by atoms with E-state index in [1.165, 1.54) is 10.6 Å². The van der Waals surface area contributed by atoms with Crippen molar-refractivity contribution >= 4 is 10.0 Å². The third kappa shape index (κ3) is 3.53. The van der Waals surface area contributed by atoms with Crippen LogP contribution in [0.3, 0.4) is 0 Å². The molecule has 0 bridgehead atoms. The molecule has 2 rings (SSSR count). The maximum Gasteiger partial charge on any atom is 0.243 e. The predicted octanol–water partition coefficient (Wildman–Crippen LogP) is 2.51. The fourth-order valence-electron chi connectivity index (χ4n) is 2.05. The van der Waals surface area contributed by atoms with Crippen LogP contribution in [0.2, 0.25) is 0 Å². The first-order chi connectivity index (χ1) is 9.95. The van der Waals surface area contributed by atoms with E-state index in [2.05, 4.69) is 0 Å². The van der Waals surface area contributed by atoms with E-state index < -0.39 is 10.0 Å². The molecule has 0 radical (unpaired) electrons. The van der Waals surface area contributed by atoms with E-state index in [1.807, 2.05) is 13.0 Å². The lowest BCUT2D eigenvalue weighted by Gasteiger charge is -2.20. The lowest BCUT2D eigenvalue weighted by Crippen LogP contribution is -2.30. The Morgan fingerprint density at radius 2 is 2.05 bits per heavy atom. The van der Waals surface area contributed by atoms with Crippen molar-refractivity contribution in [2.24, 2.45) is 5.73 Å². The van der Waals surface area contributed by atoms with Crippen LogP contribution >= 0.6 is 0 Å². The van der Waals surface area contributed by atoms with Gasteiger partial charge in [0.25, 0.3) is 0 Å². The van der Waals surface area contributed by atoms with Gasteiger partial charge in [0.2, 0.25) is 10.0 Å². The molecule has 5 nitrogen and oxygen atoms in total. The van der Waals surface area contributed by atoms with Crippen LogP contribution in [0.15, 0.2) is 52.0 Å². The number of nitrogens with two attached hydrogens (primary N) is 1. The fourth-order valence-corrected chi connectivity index (χ4v) is 3.52. The SMILES string of the molecule is CCN(Cc1ccco1)S(=O)(=O)c1cccc(C(C)N)c1. The zero-order valence-corrected chi connectivity index (χ0v) is 13.0. The second-order valence-corrected chi connectivity index (χ2v) is 6.81. The van der Waals surface area contributed by atoms with Crippen molar-refractivity contribution in [2.45, 2.75) is 31.3 Å². The predicted molar refractivity (Wildman–Crippen MR) is 81.0 cm³/mol. The molecule has 2 aromatic rings. The van der Waals surface area contributed by atoms with Gasteiger partial charge in [-0.1, -0.05) is 19.1 Å². The van der Waals surface area contributed by atoms with E-state index in [0.717, 1.165) is 5.56 Å². The highest BCUT2D eigenvalue weighted by Gasteiger charge is 2.24. The van der Waals surface area contributed by atoms with Crippen molar-refractivity contribution < 1.29 is 12.8 Å². The Morgan fingerprint density at radius 3 is 2.62 bits per heavy atom. The molecule has 2 N–H and O–H groups in total. The van der Waals surface area contributed by atoms with Gasteiger partial charge in [0.1, 0.15) is 5.76 Å². The van der Waals surface area contributed by atoms with E-state index in [4.69, 9.17) is 10.2 Å². The average molecular weight is 308 g/mol. The molecule has 0 spiro atoms. The van der Waals surface area contributed by atoms with Gasteiger partial charge in [0, 0.05) is 12.6 Å². The zero-order chi connectivity index (χ0) is 15.5. The van der Waals surface area contributed by atoms with Crippen molar-refractivity contribution in [1.82, 2.24) is 4.31 Å². The highest BCUT2D eigenvalue weighted by Crippen LogP contribution is 2.21. The fraction of sp³-hybridized carbons (Fsp3) is 0.333. The monoisotopic (exact) mass is 308 g/mol. The Kier molecular flexibility index (Phi) is 4.82. The standard InChI is InChI=1S/C15H20N2O3S/c1-3-17(11-14-7-5-9-20-14)21(18,19)15-8-4-6-13(10-15)12(2)16/h4-10,12H,3,11,16H2,1-2H3. The average Bonchev–Trinajstić information content (AvgIpc) is 2.97. The summed E-state index contributed by atoms with van der Waals surface area (Å²) in [5.41, 5.74) is 6.62. The van der Waals surface area contributed by atoms with Gasteiger partial charge in [-0.2, -0.15) is 4.31 Å². The molecule has 0 aliphatic heterocycles. The molecule has 0 aliphatic rings. The van der Waals surface area contributed by atoms with Crippen LogP contribution in [0.1, 0.15) is 31.2 Å². The summed E-state index contributed by atoms with van der Waals surface area (Å²) in [4.78, 5) is 0.255. The Hall–Kier alpha value is -1.63. The van der Waals surface area contributed by atoms with E-state index in [1.54, 1.807) is 37.3 Å². The van der Waals surface area contributed by atoms with Gasteiger partial charge in [-0.25, -0.2) is 8.42 Å². The molecular weight excluding hydrogens is 288 g/mol. The molecule has 1 unspecified atom stereocenters. The van der Waals surface area contributed by atoms with Crippen molar-refractivity contribution in [3.63, 3.8) is 0 Å². The summed E-state index contributed by atoms with van der Waals surface area (Å²) in [6.45, 7) is 4.21. The van der Waals surface area contributed by atoms with E-state index in [0.29, 0.717) is 12.3 Å². The normalized spacial score (nSPS) is 13.5. The Balaban J connectivity index is 2.32. The highest BCUT2D eigenvalue weighted by atomic mass is 32.2. The second kappa shape index (κ2) is 6.43. The van der Waals surface area contributed by atoms with Crippen LogP contribution in [-0.2, 0) is 16.6 Å². The Morgan fingerprint density at radius 1 is 1.29 bits per heavy atom. The molecule has 0 aliphatic carbocycles. The Bertz CT molecular complexity index is 679. The Labute approximate surface area is 125 Å². The summed E-state index contributed by atoms with van der Waals surface area (Å²) < 4.78 is 32.0. The highest BCUT2D eigenvalue weighted by molar-refractivity contribution is 7.89. The summed E-state index contributed by atoms with van der Waals surface area (Å²) in [5.74, 6) is 0.615. The maximum absolute atomic E-state index is 12.7. The van der Waals surface area contributed by atoms with E-state index in [9.17, 15) is 8.42 Å². The molecule has 1 aromatic carbocycles. The van der Waals surface area contributed by atoms with Crippen LogP contribution in [-0.4, -0.2) is 19.3 Å². The molecule has 0 amide bonds. The van der Waals surface area contributed by atoms with E-state index >= 15 is 0 Å². The number of sulfonamides is 1. The van der Waals surface area contributed by atoms with Crippen LogP contribution in [0.4, 0.5) is 0 Å². The first-order valence-electron chi connectivity index (χ1n) is 6.83. The molecule has 1 atom stereocenters. The van der Waals surface area contributed by atoms with Crippen molar-refractivity contribution in [3.05, 3.63) is 54.0 Å². The van der Waals surface area contributed by atoms with Gasteiger partial charge in [0.15, 0.2) is 0 Å². The molecule has 1 heterocycles. The van der Waals surface area contributed by atoms with Crippen LogP contribution in [0.25, 0.3) is 0 Å². The molecule has 6 heteroatoms. The summed E-state index contributed by atoms with van der Waals surface area (Å²) in [5, 5.41) is 0. The van der Waals surface area contributed by atoms with Gasteiger partial charge < -0.3 is 10.2 Å². The van der Waals surface area contributed by atoms with Crippen LogP contribution in [0, 0.1) is 0 Å². The lowest BCUT2D eigenvalue weighted by molar-refractivity contribution is 0.375. The smallest absolute Gasteiger partial charge is 0.243 e. The maximum atomic E-state index is 12.7. The zero-order valence-electron chi connectivity index (χ0n) is 12.2. The van der Waals surface area contributed by atoms with Gasteiger partial charge in [0.05, 0.1) is 17.7 Å². The van der Waals surface area contributed by atoms with Gasteiger partial charge in [-0.3, -0.25) is 0 Å². The topological polar surface area (TPSA) is 76.5 Å². The minimum atomic E-state index is -3.57. The first kappa shape index (κ1) is 15.8. The number of benzene rings is 1. The molecule has 0 saturated heterocycles. The minimum Gasteiger partial charge on any atom is -0.468 e. The first-order valence-corrected chi connectivity index (χ1v) is 8.27. The summed E-state index contributed by atoms with van der Waals surface area (Å²) in [7, 11) is -3.57. The third-order valence-corrected chi connectivity index (χ3v) is 5.20. The molecular formula is C15H20N2O3S. The third-order valence-electron chi connectivity index (χ3n) is 3.29. The van der Waals surface area contributed by atoms with E-state index in [-0.39, 0.29) is 17.5 Å². The van der Waals surface area contributed by atoms with Crippen LogP contribution in [0.5, 0.6) is 0 Å². The largest absolute Gasteiger partial charge is 0.468 e. The number of hydrogen-bond acceptors (Lipinski definition) is 4. The molecule has 21 heavy (non-hydrogen) atoms. The van der Waals surface area contributed by atoms with Crippen molar-refractivity contribution in [3.8, 4) is 0 Å². The molecule has 0 saturated carbocycles. The summed E-state index contributed by atoms with van der Waals surface area (Å²) in [6.07, 6.45) is 1.53. The lowest BCUT2D eigenvalue weighted by atomic mass is 10.1. The molecule has 0 fully saturated rings. The number of nitrogens with zero attached hydrogens (tertiary/aromatic N) is 1. The van der Waals surface area contributed by atoms with Gasteiger partial charge in [-0.05, 0) is 36.8 Å².